The van der Waals surface area contributed by atoms with Crippen LogP contribution in [0.25, 0.3) is 6.08 Å². The third-order valence-corrected chi connectivity index (χ3v) is 5.20. The maximum Gasteiger partial charge on any atom is 0.363 e. The van der Waals surface area contributed by atoms with Crippen LogP contribution in [-0.2, 0) is 16.1 Å². The number of hydrogen-bond donors (Lipinski definition) is 0. The first-order chi connectivity index (χ1) is 16.8. The molecule has 8 nitrogen and oxygen atoms in total. The number of aliphatic imine (C=N–C) groups is 1. The Morgan fingerprint density at radius 3 is 2.69 bits per heavy atom. The van der Waals surface area contributed by atoms with Crippen molar-refractivity contribution in [2.24, 2.45) is 4.99 Å². The average molecular weight is 497 g/mol. The van der Waals surface area contributed by atoms with Crippen LogP contribution < -0.4 is 9.47 Å². The summed E-state index contributed by atoms with van der Waals surface area (Å²) in [6, 6.07) is 14.9. The Bertz CT molecular complexity index is 1370. The molecule has 0 bridgehead atoms. The Morgan fingerprint density at radius 1 is 1.11 bits per heavy atom. The minimum absolute atomic E-state index is 0.0153. The lowest BCUT2D eigenvalue weighted by Crippen LogP contribution is -2.06. The first-order valence-corrected chi connectivity index (χ1v) is 10.8. The molecule has 178 valence electrons. The van der Waals surface area contributed by atoms with Crippen molar-refractivity contribution in [2.45, 2.75) is 13.5 Å². The standard InChI is InChI=1S/C25H18ClFN2O6/c1-2-33-23-12-15(6-9-22(23)34-14-16-4-3-5-17(27)10-16)11-21-25(30)35-24(28-21)19-13-18(29(31)32)7-8-20(19)26/h3-13H,2,14H2,1H3/b21-11-. The van der Waals surface area contributed by atoms with Gasteiger partial charge in [0.15, 0.2) is 17.2 Å². The SMILES string of the molecule is CCOc1cc(/C=C2\N=C(c3cc([N+](=O)[O-])ccc3Cl)OC2=O)ccc1OCc1cccc(F)c1. The number of halogens is 2. The van der Waals surface area contributed by atoms with Crippen LogP contribution in [0.3, 0.4) is 0 Å². The number of nitro benzene ring substituents is 1. The number of esters is 1. The molecule has 0 N–H and O–H groups in total. The highest BCUT2D eigenvalue weighted by molar-refractivity contribution is 6.34. The van der Waals surface area contributed by atoms with Gasteiger partial charge in [0.1, 0.15) is 12.4 Å². The van der Waals surface area contributed by atoms with Crippen LogP contribution in [0.15, 0.2) is 71.4 Å². The van der Waals surface area contributed by atoms with Crippen molar-refractivity contribution in [3.63, 3.8) is 0 Å². The lowest BCUT2D eigenvalue weighted by atomic mass is 10.1. The fourth-order valence-corrected chi connectivity index (χ4v) is 3.46. The number of rotatable bonds is 8. The number of carbonyl (C=O) groups excluding carboxylic acids is 1. The number of benzene rings is 3. The Kier molecular flexibility index (Phi) is 7.07. The Labute approximate surface area is 204 Å². The highest BCUT2D eigenvalue weighted by Gasteiger charge is 2.27. The van der Waals surface area contributed by atoms with E-state index in [0.717, 1.165) is 0 Å². The average Bonchev–Trinajstić information content (AvgIpc) is 3.18. The summed E-state index contributed by atoms with van der Waals surface area (Å²) in [5.74, 6) is -0.342. The van der Waals surface area contributed by atoms with Gasteiger partial charge in [-0.2, -0.15) is 0 Å². The van der Waals surface area contributed by atoms with E-state index >= 15 is 0 Å². The van der Waals surface area contributed by atoms with Crippen molar-refractivity contribution >= 4 is 35.2 Å². The van der Waals surface area contributed by atoms with E-state index in [4.69, 9.17) is 25.8 Å². The minimum atomic E-state index is -0.730. The molecule has 0 aliphatic carbocycles. The summed E-state index contributed by atoms with van der Waals surface area (Å²) in [5.41, 5.74) is 1.14. The summed E-state index contributed by atoms with van der Waals surface area (Å²) < 4.78 is 30.1. The van der Waals surface area contributed by atoms with Gasteiger partial charge in [-0.3, -0.25) is 10.1 Å². The number of carbonyl (C=O) groups is 1. The molecular weight excluding hydrogens is 479 g/mol. The molecule has 3 aromatic carbocycles. The van der Waals surface area contributed by atoms with E-state index in [1.165, 1.54) is 36.4 Å². The van der Waals surface area contributed by atoms with Crippen molar-refractivity contribution in [2.75, 3.05) is 6.61 Å². The van der Waals surface area contributed by atoms with E-state index in [1.807, 2.05) is 6.92 Å². The van der Waals surface area contributed by atoms with Gasteiger partial charge in [-0.1, -0.05) is 29.8 Å². The summed E-state index contributed by atoms with van der Waals surface area (Å²) in [6.07, 6.45) is 1.49. The van der Waals surface area contributed by atoms with Crippen molar-refractivity contribution in [1.82, 2.24) is 0 Å². The second-order valence-corrected chi connectivity index (χ2v) is 7.72. The molecule has 0 radical (unpaired) electrons. The lowest BCUT2D eigenvalue weighted by molar-refractivity contribution is -0.384. The normalized spacial score (nSPS) is 14.0. The number of hydrogen-bond acceptors (Lipinski definition) is 7. The zero-order valence-electron chi connectivity index (χ0n) is 18.4. The summed E-state index contributed by atoms with van der Waals surface area (Å²) in [7, 11) is 0. The van der Waals surface area contributed by atoms with Crippen LogP contribution in [0.2, 0.25) is 5.02 Å². The fourth-order valence-electron chi connectivity index (χ4n) is 3.26. The summed E-state index contributed by atoms with van der Waals surface area (Å²) in [6.45, 7) is 2.32. The molecule has 0 amide bonds. The quantitative estimate of drug-likeness (QED) is 0.171. The molecule has 0 saturated heterocycles. The van der Waals surface area contributed by atoms with Crippen molar-refractivity contribution in [1.29, 1.82) is 0 Å². The number of nitrogens with zero attached hydrogens (tertiary/aromatic N) is 2. The Balaban J connectivity index is 1.59. The van der Waals surface area contributed by atoms with E-state index in [1.54, 1.807) is 30.3 Å². The van der Waals surface area contributed by atoms with Crippen LogP contribution in [-0.4, -0.2) is 23.4 Å². The molecule has 0 saturated carbocycles. The van der Waals surface area contributed by atoms with E-state index < -0.39 is 10.9 Å². The van der Waals surface area contributed by atoms with Crippen LogP contribution >= 0.6 is 11.6 Å². The second-order valence-electron chi connectivity index (χ2n) is 7.32. The molecule has 0 unspecified atom stereocenters. The first kappa shape index (κ1) is 23.9. The molecule has 10 heteroatoms. The van der Waals surface area contributed by atoms with Crippen molar-refractivity contribution in [3.05, 3.63) is 104 Å². The second kappa shape index (κ2) is 10.4. The van der Waals surface area contributed by atoms with E-state index in [9.17, 15) is 19.3 Å². The zero-order chi connectivity index (χ0) is 24.9. The van der Waals surface area contributed by atoms with Gasteiger partial charge in [-0.25, -0.2) is 14.2 Å². The molecule has 0 aromatic heterocycles. The Morgan fingerprint density at radius 2 is 1.94 bits per heavy atom. The largest absolute Gasteiger partial charge is 0.490 e. The van der Waals surface area contributed by atoms with Crippen LogP contribution in [0.1, 0.15) is 23.6 Å². The molecular formula is C25H18ClFN2O6. The molecule has 1 aliphatic heterocycles. The van der Waals surface area contributed by atoms with Gasteiger partial charge >= 0.3 is 5.97 Å². The zero-order valence-corrected chi connectivity index (χ0v) is 19.1. The molecule has 1 aliphatic rings. The van der Waals surface area contributed by atoms with Gasteiger partial charge in [-0.05, 0) is 54.5 Å². The maximum atomic E-state index is 13.4. The Hall–Kier alpha value is -4.24. The number of cyclic esters (lactones) is 1. The summed E-state index contributed by atoms with van der Waals surface area (Å²) >= 11 is 6.13. The highest BCUT2D eigenvalue weighted by atomic mass is 35.5. The lowest BCUT2D eigenvalue weighted by Gasteiger charge is -2.13. The smallest absolute Gasteiger partial charge is 0.363 e. The molecule has 0 atom stereocenters. The first-order valence-electron chi connectivity index (χ1n) is 10.4. The predicted octanol–water partition coefficient (Wildman–Crippen LogP) is 5.71. The summed E-state index contributed by atoms with van der Waals surface area (Å²) in [5, 5.41) is 11.2. The molecule has 35 heavy (non-hydrogen) atoms. The van der Waals surface area contributed by atoms with Crippen LogP contribution in [0.5, 0.6) is 11.5 Å². The van der Waals surface area contributed by atoms with Gasteiger partial charge in [0, 0.05) is 12.1 Å². The van der Waals surface area contributed by atoms with Gasteiger partial charge in [0.25, 0.3) is 5.69 Å². The monoisotopic (exact) mass is 496 g/mol. The molecule has 4 rings (SSSR count). The fraction of sp³-hybridized carbons (Fsp3) is 0.120. The number of ether oxygens (including phenoxy) is 3. The minimum Gasteiger partial charge on any atom is -0.490 e. The topological polar surface area (TPSA) is 100 Å². The number of non-ortho nitro benzene ring substituents is 1. The van der Waals surface area contributed by atoms with Crippen LogP contribution in [0.4, 0.5) is 10.1 Å². The van der Waals surface area contributed by atoms with E-state index in [2.05, 4.69) is 4.99 Å². The van der Waals surface area contributed by atoms with Crippen molar-refractivity contribution < 1.29 is 28.3 Å². The van der Waals surface area contributed by atoms with Crippen LogP contribution in [0, 0.1) is 15.9 Å². The van der Waals surface area contributed by atoms with Gasteiger partial charge in [0.05, 0.1) is 22.1 Å². The molecule has 0 spiro atoms. The van der Waals surface area contributed by atoms with Crippen molar-refractivity contribution in [3.8, 4) is 11.5 Å². The van der Waals surface area contributed by atoms with E-state index in [-0.39, 0.29) is 40.3 Å². The van der Waals surface area contributed by atoms with E-state index in [0.29, 0.717) is 29.2 Å². The van der Waals surface area contributed by atoms with Gasteiger partial charge in [-0.15, -0.1) is 0 Å². The highest BCUT2D eigenvalue weighted by Crippen LogP contribution is 2.32. The molecule has 3 aromatic rings. The number of nitro groups is 1. The summed E-state index contributed by atoms with van der Waals surface area (Å²) in [4.78, 5) is 27.0. The van der Waals surface area contributed by atoms with Gasteiger partial charge in [0.2, 0.25) is 5.90 Å². The maximum absolute atomic E-state index is 13.4. The third-order valence-electron chi connectivity index (χ3n) is 4.87. The molecule has 1 heterocycles. The molecule has 0 fully saturated rings. The van der Waals surface area contributed by atoms with Gasteiger partial charge < -0.3 is 14.2 Å². The predicted molar refractivity (Wildman–Crippen MR) is 127 cm³/mol. The third kappa shape index (κ3) is 5.64.